The molecule has 5 nitrogen and oxygen atoms in total. The fourth-order valence-corrected chi connectivity index (χ4v) is 3.05. The quantitative estimate of drug-likeness (QED) is 0.651. The molecule has 1 fully saturated rings. The van der Waals surface area contributed by atoms with E-state index in [2.05, 4.69) is 50.1 Å². The normalized spacial score (nSPS) is 18.9. The number of carbonyl (C=O) groups is 1. The minimum absolute atomic E-state index is 0.148. The van der Waals surface area contributed by atoms with Gasteiger partial charge in [0.25, 0.3) is 0 Å². The average Bonchev–Trinajstić information content (AvgIpc) is 2.32. The predicted molar refractivity (Wildman–Crippen MR) is 86.5 cm³/mol. The second-order valence-electron chi connectivity index (χ2n) is 6.80. The van der Waals surface area contributed by atoms with Crippen molar-refractivity contribution in [3.63, 3.8) is 0 Å². The highest BCUT2D eigenvalue weighted by Crippen LogP contribution is 2.36. The van der Waals surface area contributed by atoms with Gasteiger partial charge in [0.05, 0.1) is 6.61 Å². The van der Waals surface area contributed by atoms with E-state index in [0.29, 0.717) is 13.2 Å². The number of esters is 1. The molecular formula is C16H33N3O2. The summed E-state index contributed by atoms with van der Waals surface area (Å²) in [5, 5.41) is 3.32. The number of nitrogens with zero attached hydrogens (tertiary/aromatic N) is 2. The van der Waals surface area contributed by atoms with Crippen LogP contribution in [-0.4, -0.2) is 74.2 Å². The van der Waals surface area contributed by atoms with E-state index in [1.165, 1.54) is 19.3 Å². The zero-order chi connectivity index (χ0) is 16.0. The summed E-state index contributed by atoms with van der Waals surface area (Å²) in [6, 6.07) is 0.00792. The Labute approximate surface area is 130 Å². The fourth-order valence-electron chi connectivity index (χ4n) is 3.05. The summed E-state index contributed by atoms with van der Waals surface area (Å²) >= 11 is 0. The van der Waals surface area contributed by atoms with Crippen LogP contribution in [0.4, 0.5) is 0 Å². The molecule has 0 heterocycles. The van der Waals surface area contributed by atoms with Crippen molar-refractivity contribution in [3.05, 3.63) is 0 Å². The first kappa shape index (κ1) is 18.4. The summed E-state index contributed by atoms with van der Waals surface area (Å²) < 4.78 is 5.19. The maximum atomic E-state index is 12.1. The molecule has 0 aliphatic heterocycles. The van der Waals surface area contributed by atoms with Crippen LogP contribution in [0.3, 0.4) is 0 Å². The lowest BCUT2D eigenvalue weighted by Crippen LogP contribution is -2.58. The zero-order valence-corrected chi connectivity index (χ0v) is 14.6. The first-order chi connectivity index (χ1) is 9.80. The molecular weight excluding hydrogens is 266 g/mol. The van der Waals surface area contributed by atoms with Crippen LogP contribution in [0.25, 0.3) is 0 Å². The maximum Gasteiger partial charge on any atom is 0.324 e. The van der Waals surface area contributed by atoms with E-state index in [1.807, 2.05) is 6.92 Å². The number of hydrogen-bond donors (Lipinski definition) is 1. The van der Waals surface area contributed by atoms with Gasteiger partial charge in [0, 0.05) is 24.7 Å². The molecule has 1 aliphatic carbocycles. The lowest BCUT2D eigenvalue weighted by Gasteiger charge is -2.49. The molecule has 1 unspecified atom stereocenters. The van der Waals surface area contributed by atoms with E-state index in [-0.39, 0.29) is 23.6 Å². The molecule has 5 heteroatoms. The van der Waals surface area contributed by atoms with Crippen molar-refractivity contribution in [1.29, 1.82) is 0 Å². The monoisotopic (exact) mass is 299 g/mol. The molecule has 0 amide bonds. The second kappa shape index (κ2) is 8.11. The number of likely N-dealkylation sites (N-methyl/N-ethyl adjacent to an activating group) is 2. The van der Waals surface area contributed by atoms with Crippen LogP contribution in [-0.2, 0) is 9.53 Å². The Morgan fingerprint density at radius 3 is 2.29 bits per heavy atom. The molecule has 0 radical (unpaired) electrons. The van der Waals surface area contributed by atoms with Crippen LogP contribution >= 0.6 is 0 Å². The van der Waals surface area contributed by atoms with Crippen LogP contribution in [0.2, 0.25) is 0 Å². The Balaban J connectivity index is 2.58. The zero-order valence-electron chi connectivity index (χ0n) is 14.6. The van der Waals surface area contributed by atoms with Crippen LogP contribution in [0.5, 0.6) is 0 Å². The van der Waals surface area contributed by atoms with Gasteiger partial charge in [0.15, 0.2) is 0 Å². The maximum absolute atomic E-state index is 12.1. The van der Waals surface area contributed by atoms with E-state index < -0.39 is 0 Å². The van der Waals surface area contributed by atoms with Gasteiger partial charge in [-0.05, 0) is 47.3 Å². The minimum atomic E-state index is -0.255. The summed E-state index contributed by atoms with van der Waals surface area (Å²) in [5.41, 5.74) is 0.284. The first-order valence-corrected chi connectivity index (χ1v) is 8.09. The number of nitrogens with one attached hydrogen (secondary N) is 1. The molecule has 0 aromatic heterocycles. The Hall–Kier alpha value is -0.650. The van der Waals surface area contributed by atoms with Crippen molar-refractivity contribution in [2.24, 2.45) is 0 Å². The standard InChI is InChI=1S/C16H33N3O2/c1-7-21-15(20)14(17-13(2)3)11-19(6)12-16(18(4)5)9-8-10-16/h13-14,17H,7-12H2,1-6H3. The van der Waals surface area contributed by atoms with Crippen molar-refractivity contribution < 1.29 is 9.53 Å². The molecule has 124 valence electrons. The highest BCUT2D eigenvalue weighted by molar-refractivity contribution is 5.76. The van der Waals surface area contributed by atoms with Gasteiger partial charge in [-0.1, -0.05) is 13.8 Å². The van der Waals surface area contributed by atoms with E-state index in [0.717, 1.165) is 6.54 Å². The third-order valence-corrected chi connectivity index (χ3v) is 4.40. The third-order valence-electron chi connectivity index (χ3n) is 4.40. The Morgan fingerprint density at radius 2 is 1.90 bits per heavy atom. The van der Waals surface area contributed by atoms with Gasteiger partial charge in [-0.25, -0.2) is 0 Å². The lowest BCUT2D eigenvalue weighted by atomic mass is 9.75. The molecule has 0 bridgehead atoms. The largest absolute Gasteiger partial charge is 0.465 e. The summed E-state index contributed by atoms with van der Waals surface area (Å²) in [6.45, 7) is 8.07. The SMILES string of the molecule is CCOC(=O)C(CN(C)CC1(N(C)C)CCC1)NC(C)C. The molecule has 0 saturated heterocycles. The van der Waals surface area contributed by atoms with Crippen LogP contribution in [0.1, 0.15) is 40.0 Å². The number of ether oxygens (including phenoxy) is 1. The topological polar surface area (TPSA) is 44.8 Å². The number of rotatable bonds is 9. The Bertz CT molecular complexity index is 327. The van der Waals surface area contributed by atoms with Crippen molar-refractivity contribution in [2.75, 3.05) is 40.8 Å². The average molecular weight is 299 g/mol. The van der Waals surface area contributed by atoms with Gasteiger partial charge in [0.2, 0.25) is 0 Å². The van der Waals surface area contributed by atoms with Gasteiger partial charge in [-0.3, -0.25) is 4.79 Å². The smallest absolute Gasteiger partial charge is 0.324 e. The van der Waals surface area contributed by atoms with E-state index in [4.69, 9.17) is 4.74 Å². The second-order valence-corrected chi connectivity index (χ2v) is 6.80. The summed E-state index contributed by atoms with van der Waals surface area (Å²) in [4.78, 5) is 16.7. The highest BCUT2D eigenvalue weighted by Gasteiger charge is 2.40. The molecule has 21 heavy (non-hydrogen) atoms. The van der Waals surface area contributed by atoms with E-state index in [9.17, 15) is 4.79 Å². The Morgan fingerprint density at radius 1 is 1.29 bits per heavy atom. The van der Waals surface area contributed by atoms with Crippen LogP contribution in [0.15, 0.2) is 0 Å². The molecule has 0 aromatic rings. The molecule has 0 spiro atoms. The summed E-state index contributed by atoms with van der Waals surface area (Å²) in [6.07, 6.45) is 3.79. The van der Waals surface area contributed by atoms with Gasteiger partial charge in [-0.15, -0.1) is 0 Å². The summed E-state index contributed by atoms with van der Waals surface area (Å²) in [5.74, 6) is -0.148. The van der Waals surface area contributed by atoms with Gasteiger partial charge >= 0.3 is 5.97 Å². The summed E-state index contributed by atoms with van der Waals surface area (Å²) in [7, 11) is 6.40. The van der Waals surface area contributed by atoms with Gasteiger partial charge in [0.1, 0.15) is 6.04 Å². The highest BCUT2D eigenvalue weighted by atomic mass is 16.5. The van der Waals surface area contributed by atoms with E-state index in [1.54, 1.807) is 0 Å². The van der Waals surface area contributed by atoms with Crippen molar-refractivity contribution in [1.82, 2.24) is 15.1 Å². The number of carbonyl (C=O) groups excluding carboxylic acids is 1. The third kappa shape index (κ3) is 5.24. The molecule has 0 aromatic carbocycles. The minimum Gasteiger partial charge on any atom is -0.465 e. The van der Waals surface area contributed by atoms with Gasteiger partial charge < -0.3 is 19.9 Å². The van der Waals surface area contributed by atoms with Crippen LogP contribution < -0.4 is 5.32 Å². The van der Waals surface area contributed by atoms with E-state index >= 15 is 0 Å². The molecule has 1 rings (SSSR count). The van der Waals surface area contributed by atoms with Crippen molar-refractivity contribution in [3.8, 4) is 0 Å². The van der Waals surface area contributed by atoms with Crippen molar-refractivity contribution in [2.45, 2.75) is 57.7 Å². The first-order valence-electron chi connectivity index (χ1n) is 8.09. The predicted octanol–water partition coefficient (Wildman–Crippen LogP) is 1.33. The van der Waals surface area contributed by atoms with Crippen molar-refractivity contribution >= 4 is 5.97 Å². The lowest BCUT2D eigenvalue weighted by molar-refractivity contribution is -0.146. The molecule has 1 atom stereocenters. The number of hydrogen-bond acceptors (Lipinski definition) is 5. The molecule has 1 aliphatic rings. The molecule has 1 saturated carbocycles. The van der Waals surface area contributed by atoms with Gasteiger partial charge in [-0.2, -0.15) is 0 Å². The fraction of sp³-hybridized carbons (Fsp3) is 0.938. The molecule has 1 N–H and O–H groups in total. The van der Waals surface area contributed by atoms with Crippen LogP contribution in [0, 0.1) is 0 Å². The Kier molecular flexibility index (Phi) is 7.10.